The monoisotopic (exact) mass is 571 g/mol. The molecule has 1 aliphatic carbocycles. The molecular weight excluding hydrogens is 537 g/mol. The number of Topliss-reactive ketones (excluding diaryl/α,β-unsaturated/α-hetero) is 2. The van der Waals surface area contributed by atoms with Gasteiger partial charge in [0, 0.05) is 11.8 Å². The number of carbonyl (C=O) groups excluding carboxylic acids is 4. The number of benzene rings is 1. The molecule has 0 bridgehead atoms. The molecule has 1 saturated carbocycles. The zero-order valence-electron chi connectivity index (χ0n) is 22.8. The number of aryl methyl sites for hydroxylation is 1. The van der Waals surface area contributed by atoms with Gasteiger partial charge >= 0.3 is 5.97 Å². The van der Waals surface area contributed by atoms with Gasteiger partial charge in [-0.3, -0.25) is 19.7 Å². The first-order chi connectivity index (χ1) is 19.2. The number of furan rings is 1. The summed E-state index contributed by atoms with van der Waals surface area (Å²) in [6.07, 6.45) is 2.70. The summed E-state index contributed by atoms with van der Waals surface area (Å²) in [5, 5.41) is 6.35. The Hall–Kier alpha value is -3.18. The summed E-state index contributed by atoms with van der Waals surface area (Å²) in [5.41, 5.74) is -0.284. The van der Waals surface area contributed by atoms with E-state index in [4.69, 9.17) is 9.15 Å². The number of rotatable bonds is 9. The van der Waals surface area contributed by atoms with Crippen LogP contribution in [0.15, 0.2) is 34.7 Å². The number of likely N-dealkylation sites (tertiary alicyclic amines) is 1. The highest BCUT2D eigenvalue weighted by Crippen LogP contribution is 2.38. The summed E-state index contributed by atoms with van der Waals surface area (Å²) in [6.45, 7) is 5.61. The molecule has 11 heteroatoms. The average molecular weight is 572 g/mol. The van der Waals surface area contributed by atoms with Gasteiger partial charge in [-0.2, -0.15) is 11.8 Å². The van der Waals surface area contributed by atoms with Crippen molar-refractivity contribution in [1.29, 1.82) is 0 Å². The molecule has 5 rings (SSSR count). The molecular formula is C29H34FN3O6S. The zero-order valence-corrected chi connectivity index (χ0v) is 23.6. The minimum absolute atomic E-state index is 0.0651. The van der Waals surface area contributed by atoms with Crippen LogP contribution in [0.1, 0.15) is 67.5 Å². The lowest BCUT2D eigenvalue weighted by Crippen LogP contribution is -2.68. The Morgan fingerprint density at radius 3 is 2.55 bits per heavy atom. The van der Waals surface area contributed by atoms with E-state index in [9.17, 15) is 19.2 Å². The molecule has 1 aromatic heterocycles. The molecule has 214 valence electrons. The second-order valence-corrected chi connectivity index (χ2v) is 12.1. The van der Waals surface area contributed by atoms with Crippen molar-refractivity contribution < 1.29 is 32.7 Å². The third-order valence-electron chi connectivity index (χ3n) is 7.58. The Bertz CT molecular complexity index is 1310. The van der Waals surface area contributed by atoms with Crippen molar-refractivity contribution in [1.82, 2.24) is 10.2 Å². The topological polar surface area (TPSA) is 118 Å². The lowest BCUT2D eigenvalue weighted by Gasteiger charge is -2.38. The number of nitrogens with one attached hydrogen (secondary N) is 2. The van der Waals surface area contributed by atoms with Crippen molar-refractivity contribution in [2.24, 2.45) is 0 Å². The van der Waals surface area contributed by atoms with Crippen LogP contribution in [0.25, 0.3) is 0 Å². The molecule has 5 atom stereocenters. The van der Waals surface area contributed by atoms with Gasteiger partial charge in [-0.05, 0) is 76.5 Å². The quantitative estimate of drug-likeness (QED) is 0.342. The highest BCUT2D eigenvalue weighted by Gasteiger charge is 2.51. The molecule has 0 spiro atoms. The average Bonchev–Trinajstić information content (AvgIpc) is 3.70. The molecule has 3 fully saturated rings. The van der Waals surface area contributed by atoms with Gasteiger partial charge < -0.3 is 19.4 Å². The first kappa shape index (κ1) is 28.4. The number of hydrogen-bond acceptors (Lipinski definition) is 9. The van der Waals surface area contributed by atoms with E-state index in [1.165, 1.54) is 23.1 Å². The number of thioether (sulfide) groups is 1. The van der Waals surface area contributed by atoms with Crippen molar-refractivity contribution >= 4 is 40.9 Å². The van der Waals surface area contributed by atoms with Crippen LogP contribution in [0.2, 0.25) is 0 Å². The largest absolute Gasteiger partial charge is 0.465 e. The zero-order chi connectivity index (χ0) is 28.6. The van der Waals surface area contributed by atoms with Crippen LogP contribution >= 0.6 is 11.8 Å². The Balaban J connectivity index is 1.33. The van der Waals surface area contributed by atoms with Crippen LogP contribution in [0.5, 0.6) is 0 Å². The van der Waals surface area contributed by atoms with Gasteiger partial charge in [0.1, 0.15) is 29.6 Å². The fourth-order valence-electron chi connectivity index (χ4n) is 5.58. The minimum Gasteiger partial charge on any atom is -0.465 e. The first-order valence-electron chi connectivity index (χ1n) is 13.7. The second-order valence-electron chi connectivity index (χ2n) is 10.8. The second kappa shape index (κ2) is 11.7. The molecule has 2 saturated heterocycles. The van der Waals surface area contributed by atoms with Crippen LogP contribution in [0, 0.1) is 12.7 Å². The maximum Gasteiger partial charge on any atom is 0.329 e. The number of hydrogen-bond donors (Lipinski definition) is 2. The summed E-state index contributed by atoms with van der Waals surface area (Å²) in [4.78, 5) is 52.5. The fraction of sp³-hybridized carbons (Fsp3) is 0.517. The molecule has 40 heavy (non-hydrogen) atoms. The van der Waals surface area contributed by atoms with Crippen LogP contribution in [-0.4, -0.2) is 70.1 Å². The summed E-state index contributed by atoms with van der Waals surface area (Å²) in [7, 11) is 0. The molecule has 1 aromatic carbocycles. The Kier molecular flexibility index (Phi) is 8.32. The van der Waals surface area contributed by atoms with Gasteiger partial charge in [-0.1, -0.05) is 6.07 Å². The molecule has 3 aliphatic rings. The van der Waals surface area contributed by atoms with Gasteiger partial charge in [-0.25, -0.2) is 9.18 Å². The molecule has 2 aliphatic heterocycles. The predicted molar refractivity (Wildman–Crippen MR) is 148 cm³/mol. The molecule has 3 heterocycles. The summed E-state index contributed by atoms with van der Waals surface area (Å²) < 4.78 is 26.9. The number of ether oxygens (including phenoxy) is 1. The van der Waals surface area contributed by atoms with E-state index in [0.29, 0.717) is 25.1 Å². The van der Waals surface area contributed by atoms with E-state index >= 15 is 4.39 Å². The van der Waals surface area contributed by atoms with E-state index < -0.39 is 47.4 Å². The molecule has 4 unspecified atom stereocenters. The summed E-state index contributed by atoms with van der Waals surface area (Å²) in [5.74, 6) is -0.768. The van der Waals surface area contributed by atoms with Crippen molar-refractivity contribution in [2.45, 2.75) is 82.0 Å². The van der Waals surface area contributed by atoms with Crippen LogP contribution in [0.4, 0.5) is 10.1 Å². The molecule has 2 aromatic rings. The van der Waals surface area contributed by atoms with E-state index in [1.54, 1.807) is 25.6 Å². The standard InChI is InChI=1S/C29H34FN3O6S/c1-15(2)38-29(37)19-9-5-13-33(19)28(36)17-7-4-8-18(22(17)30)31-24-25(27(35)26(24)34)32-23(21-10-6-14-40-21)20-12-11-16(3)39-20/h4,7-8,11-12,15,19,21,23-25,31-32H,5-6,9-10,13-14H2,1-3H3/t19-,21?,23?,24?,25?/m0/s1. The van der Waals surface area contributed by atoms with Crippen LogP contribution in [-0.2, 0) is 19.1 Å². The molecule has 1 amide bonds. The van der Waals surface area contributed by atoms with Gasteiger partial charge in [0.15, 0.2) is 5.82 Å². The number of nitrogens with zero attached hydrogens (tertiary/aromatic N) is 1. The summed E-state index contributed by atoms with van der Waals surface area (Å²) in [6, 6.07) is 5.07. The minimum atomic E-state index is -1.00. The van der Waals surface area contributed by atoms with Gasteiger partial charge in [0.2, 0.25) is 11.6 Å². The van der Waals surface area contributed by atoms with Gasteiger partial charge in [0.05, 0.1) is 23.4 Å². The van der Waals surface area contributed by atoms with E-state index in [1.807, 2.05) is 19.1 Å². The van der Waals surface area contributed by atoms with Gasteiger partial charge in [0.25, 0.3) is 5.91 Å². The molecule has 9 nitrogen and oxygen atoms in total. The number of halogens is 1. The number of anilines is 1. The third-order valence-corrected chi connectivity index (χ3v) is 9.04. The fourth-order valence-corrected chi connectivity index (χ4v) is 6.96. The van der Waals surface area contributed by atoms with E-state index in [0.717, 1.165) is 24.4 Å². The maximum atomic E-state index is 15.7. The SMILES string of the molecule is Cc1ccc(C(NC2C(=O)C(=O)C2Nc2cccc(C(=O)N3CCC[C@H]3C(=O)OC(C)C)c2F)C2CCCS2)o1. The normalized spacial score (nSPS) is 25.3. The van der Waals surface area contributed by atoms with Crippen molar-refractivity contribution in [2.75, 3.05) is 17.6 Å². The Labute approximate surface area is 236 Å². The highest BCUT2D eigenvalue weighted by molar-refractivity contribution is 8.00. The molecule has 0 radical (unpaired) electrons. The van der Waals surface area contributed by atoms with E-state index in [-0.39, 0.29) is 28.6 Å². The van der Waals surface area contributed by atoms with Crippen molar-refractivity contribution in [3.05, 3.63) is 53.2 Å². The predicted octanol–water partition coefficient (Wildman–Crippen LogP) is 3.81. The maximum absolute atomic E-state index is 15.7. The smallest absolute Gasteiger partial charge is 0.329 e. The lowest BCUT2D eigenvalue weighted by molar-refractivity contribution is -0.152. The lowest BCUT2D eigenvalue weighted by atomic mass is 9.81. The number of ketones is 2. The van der Waals surface area contributed by atoms with Crippen molar-refractivity contribution in [3.8, 4) is 0 Å². The van der Waals surface area contributed by atoms with Crippen LogP contribution < -0.4 is 10.6 Å². The number of amides is 1. The van der Waals surface area contributed by atoms with Crippen molar-refractivity contribution in [3.63, 3.8) is 0 Å². The number of carbonyl (C=O) groups is 4. The highest BCUT2D eigenvalue weighted by atomic mass is 32.2. The first-order valence-corrected chi connectivity index (χ1v) is 14.8. The summed E-state index contributed by atoms with van der Waals surface area (Å²) >= 11 is 1.79. The van der Waals surface area contributed by atoms with E-state index in [2.05, 4.69) is 10.6 Å². The van der Waals surface area contributed by atoms with Gasteiger partial charge in [-0.15, -0.1) is 0 Å². The number of esters is 1. The third kappa shape index (κ3) is 5.54. The Morgan fingerprint density at radius 2 is 1.88 bits per heavy atom. The molecule has 2 N–H and O–H groups in total. The van der Waals surface area contributed by atoms with Crippen LogP contribution in [0.3, 0.4) is 0 Å². The Morgan fingerprint density at radius 1 is 1.10 bits per heavy atom.